The number of guanidine groups is 1. The lowest BCUT2D eigenvalue weighted by Gasteiger charge is -2.18. The number of likely N-dealkylation sites (tertiary alicyclic amines) is 1. The van der Waals surface area contributed by atoms with Crippen molar-refractivity contribution in [3.05, 3.63) is 71.3 Å². The molecule has 28 heavy (non-hydrogen) atoms. The molecule has 1 saturated heterocycles. The fourth-order valence-corrected chi connectivity index (χ4v) is 3.26. The molecule has 1 aliphatic heterocycles. The fourth-order valence-electron chi connectivity index (χ4n) is 3.26. The lowest BCUT2D eigenvalue weighted by molar-refractivity contribution is -0.128. The monoisotopic (exact) mass is 492 g/mol. The lowest BCUT2D eigenvalue weighted by Crippen LogP contribution is -2.38. The van der Waals surface area contributed by atoms with Crippen LogP contribution in [0.1, 0.15) is 42.5 Å². The Labute approximate surface area is 184 Å². The molecule has 3 rings (SSSR count). The molecule has 1 atom stereocenters. The van der Waals surface area contributed by atoms with E-state index in [2.05, 4.69) is 58.9 Å². The highest BCUT2D eigenvalue weighted by atomic mass is 127. The van der Waals surface area contributed by atoms with Crippen LogP contribution in [0.3, 0.4) is 0 Å². The van der Waals surface area contributed by atoms with Gasteiger partial charge in [0.25, 0.3) is 0 Å². The molecule has 5 nitrogen and oxygen atoms in total. The summed E-state index contributed by atoms with van der Waals surface area (Å²) in [6.45, 7) is 4.41. The number of benzene rings is 2. The topological polar surface area (TPSA) is 56.7 Å². The summed E-state index contributed by atoms with van der Waals surface area (Å²) in [6.07, 6.45) is 1.67. The van der Waals surface area contributed by atoms with Gasteiger partial charge in [-0.3, -0.25) is 9.79 Å². The Bertz CT molecular complexity index is 777. The van der Waals surface area contributed by atoms with Crippen LogP contribution in [0.4, 0.5) is 0 Å². The molecule has 6 heteroatoms. The number of nitrogens with one attached hydrogen (secondary N) is 2. The van der Waals surface area contributed by atoms with Gasteiger partial charge in [-0.15, -0.1) is 24.0 Å². The zero-order chi connectivity index (χ0) is 19.1. The molecule has 0 spiro atoms. The Hall–Kier alpha value is -2.09. The van der Waals surface area contributed by atoms with Gasteiger partial charge in [0.05, 0.1) is 6.04 Å². The van der Waals surface area contributed by atoms with E-state index in [1.807, 2.05) is 23.1 Å². The van der Waals surface area contributed by atoms with Gasteiger partial charge in [0, 0.05) is 33.1 Å². The van der Waals surface area contributed by atoms with Crippen molar-refractivity contribution in [3.63, 3.8) is 0 Å². The van der Waals surface area contributed by atoms with Crippen LogP contribution in [0.5, 0.6) is 0 Å². The maximum Gasteiger partial charge on any atom is 0.222 e. The van der Waals surface area contributed by atoms with Crippen LogP contribution in [0.25, 0.3) is 0 Å². The molecule has 0 aromatic heterocycles. The van der Waals surface area contributed by atoms with Crippen molar-refractivity contribution in [2.45, 2.75) is 38.9 Å². The van der Waals surface area contributed by atoms with Crippen LogP contribution < -0.4 is 10.6 Å². The molecule has 1 amide bonds. The van der Waals surface area contributed by atoms with E-state index in [0.717, 1.165) is 18.9 Å². The number of hydrogen-bond acceptors (Lipinski definition) is 2. The average molecular weight is 492 g/mol. The Morgan fingerprint density at radius 3 is 2.39 bits per heavy atom. The number of halogens is 1. The van der Waals surface area contributed by atoms with E-state index in [1.165, 1.54) is 16.7 Å². The molecule has 1 fully saturated rings. The van der Waals surface area contributed by atoms with Gasteiger partial charge in [-0.2, -0.15) is 0 Å². The molecule has 0 aliphatic carbocycles. The second kappa shape index (κ2) is 11.0. The largest absolute Gasteiger partial charge is 0.352 e. The van der Waals surface area contributed by atoms with Crippen molar-refractivity contribution < 1.29 is 4.79 Å². The van der Waals surface area contributed by atoms with Crippen LogP contribution in [-0.4, -0.2) is 30.4 Å². The van der Waals surface area contributed by atoms with Crippen LogP contribution in [0, 0.1) is 0 Å². The minimum atomic E-state index is 0. The molecule has 1 aliphatic rings. The number of amides is 1. The first-order valence-corrected chi connectivity index (χ1v) is 9.53. The van der Waals surface area contributed by atoms with Crippen LogP contribution in [-0.2, 0) is 17.9 Å². The number of aliphatic imine (C=N–C) groups is 1. The normalized spacial score (nSPS) is 15.1. The summed E-state index contributed by atoms with van der Waals surface area (Å²) >= 11 is 0. The lowest BCUT2D eigenvalue weighted by atomic mass is 10.1. The Balaban J connectivity index is 0.00000280. The van der Waals surface area contributed by atoms with Crippen molar-refractivity contribution in [3.8, 4) is 0 Å². The van der Waals surface area contributed by atoms with Crippen LogP contribution in [0.15, 0.2) is 59.6 Å². The average Bonchev–Trinajstić information content (AvgIpc) is 3.11. The third-order valence-electron chi connectivity index (χ3n) is 4.90. The van der Waals surface area contributed by atoms with Gasteiger partial charge in [0.15, 0.2) is 5.96 Å². The number of carbonyl (C=O) groups excluding carboxylic acids is 1. The van der Waals surface area contributed by atoms with E-state index in [0.29, 0.717) is 19.5 Å². The Morgan fingerprint density at radius 2 is 1.79 bits per heavy atom. The predicted molar refractivity (Wildman–Crippen MR) is 125 cm³/mol. The summed E-state index contributed by atoms with van der Waals surface area (Å²) in [5, 5.41) is 6.77. The Morgan fingerprint density at radius 1 is 1.11 bits per heavy atom. The number of carbonyl (C=O) groups is 1. The molecule has 0 saturated carbocycles. The van der Waals surface area contributed by atoms with E-state index in [4.69, 9.17) is 0 Å². The minimum absolute atomic E-state index is 0. The Kier molecular flexibility index (Phi) is 8.76. The smallest absolute Gasteiger partial charge is 0.222 e. The van der Waals surface area contributed by atoms with E-state index >= 15 is 0 Å². The van der Waals surface area contributed by atoms with Crippen molar-refractivity contribution >= 4 is 35.8 Å². The fraction of sp³-hybridized carbons (Fsp3) is 0.364. The predicted octanol–water partition coefficient (Wildman–Crippen LogP) is 3.85. The summed E-state index contributed by atoms with van der Waals surface area (Å²) in [7, 11) is 1.78. The van der Waals surface area contributed by atoms with Crippen molar-refractivity contribution in [1.82, 2.24) is 15.5 Å². The van der Waals surface area contributed by atoms with Gasteiger partial charge in [0.1, 0.15) is 0 Å². The maximum absolute atomic E-state index is 11.7. The third kappa shape index (κ3) is 6.22. The number of hydrogen-bond donors (Lipinski definition) is 2. The van der Waals surface area contributed by atoms with E-state index in [9.17, 15) is 4.79 Å². The molecule has 2 N–H and O–H groups in total. The third-order valence-corrected chi connectivity index (χ3v) is 4.90. The number of rotatable bonds is 6. The SMILES string of the molecule is CN=C(NCc1ccc(CN2CCCC2=O)cc1)NC(C)c1ccccc1.I. The van der Waals surface area contributed by atoms with Crippen molar-refractivity contribution in [2.75, 3.05) is 13.6 Å². The second-order valence-corrected chi connectivity index (χ2v) is 6.94. The van der Waals surface area contributed by atoms with Crippen molar-refractivity contribution in [2.24, 2.45) is 4.99 Å². The van der Waals surface area contributed by atoms with Gasteiger partial charge in [-0.25, -0.2) is 0 Å². The summed E-state index contributed by atoms with van der Waals surface area (Å²) in [6, 6.07) is 18.9. The summed E-state index contributed by atoms with van der Waals surface area (Å²) in [5.41, 5.74) is 3.58. The van der Waals surface area contributed by atoms with Crippen molar-refractivity contribution in [1.29, 1.82) is 0 Å². The molecule has 1 unspecified atom stereocenters. The standard InChI is InChI=1S/C22H28N4O.HI/c1-17(20-7-4-3-5-8-20)25-22(23-2)24-15-18-10-12-19(13-11-18)16-26-14-6-9-21(26)27;/h3-5,7-8,10-13,17H,6,9,14-16H2,1-2H3,(H2,23,24,25);1H. The first-order valence-electron chi connectivity index (χ1n) is 9.53. The minimum Gasteiger partial charge on any atom is -0.352 e. The maximum atomic E-state index is 11.7. The highest BCUT2D eigenvalue weighted by Crippen LogP contribution is 2.15. The molecular formula is C22H29IN4O. The molecule has 2 aromatic rings. The zero-order valence-corrected chi connectivity index (χ0v) is 18.9. The highest BCUT2D eigenvalue weighted by molar-refractivity contribution is 14.0. The first-order chi connectivity index (χ1) is 13.2. The van der Waals surface area contributed by atoms with Crippen LogP contribution in [0.2, 0.25) is 0 Å². The molecule has 0 radical (unpaired) electrons. The second-order valence-electron chi connectivity index (χ2n) is 6.94. The van der Waals surface area contributed by atoms with E-state index in [-0.39, 0.29) is 35.9 Å². The summed E-state index contributed by atoms with van der Waals surface area (Å²) in [5.74, 6) is 1.04. The zero-order valence-electron chi connectivity index (χ0n) is 16.5. The molecular weight excluding hydrogens is 463 g/mol. The molecule has 2 aromatic carbocycles. The molecule has 150 valence electrons. The van der Waals surface area contributed by atoms with Gasteiger partial charge < -0.3 is 15.5 Å². The van der Waals surface area contributed by atoms with E-state index in [1.54, 1.807) is 7.05 Å². The van der Waals surface area contributed by atoms with Gasteiger partial charge >= 0.3 is 0 Å². The highest BCUT2D eigenvalue weighted by Gasteiger charge is 2.19. The van der Waals surface area contributed by atoms with Gasteiger partial charge in [-0.1, -0.05) is 54.6 Å². The molecule has 0 bridgehead atoms. The van der Waals surface area contributed by atoms with Gasteiger partial charge in [0.2, 0.25) is 5.91 Å². The van der Waals surface area contributed by atoms with Crippen LogP contribution >= 0.6 is 24.0 Å². The van der Waals surface area contributed by atoms with E-state index < -0.39 is 0 Å². The summed E-state index contributed by atoms with van der Waals surface area (Å²) < 4.78 is 0. The van der Waals surface area contributed by atoms with Gasteiger partial charge in [-0.05, 0) is 30.0 Å². The first kappa shape index (κ1) is 22.2. The molecule has 1 heterocycles. The summed E-state index contributed by atoms with van der Waals surface area (Å²) in [4.78, 5) is 18.0. The number of nitrogens with zero attached hydrogens (tertiary/aromatic N) is 2. The quantitative estimate of drug-likeness (QED) is 0.366.